The monoisotopic (exact) mass is 263 g/mol. The number of benzene rings is 1. The largest absolute Gasteiger partial charge is 0.396 e. The summed E-state index contributed by atoms with van der Waals surface area (Å²) in [6, 6.07) is 8.52. The van der Waals surface area contributed by atoms with Crippen LogP contribution in [0.2, 0.25) is 0 Å². The van der Waals surface area contributed by atoms with Crippen molar-refractivity contribution in [3.05, 3.63) is 35.4 Å². The molecule has 0 aromatic heterocycles. The van der Waals surface area contributed by atoms with Gasteiger partial charge < -0.3 is 10.4 Å². The molecule has 1 atom stereocenters. The number of carbonyl (C=O) groups excluding carboxylic acids is 1. The Morgan fingerprint density at radius 2 is 1.89 bits per heavy atom. The molecule has 2 N–H and O–H groups in total. The van der Waals surface area contributed by atoms with E-state index in [1.165, 1.54) is 11.1 Å². The summed E-state index contributed by atoms with van der Waals surface area (Å²) in [6.45, 7) is 6.80. The summed E-state index contributed by atoms with van der Waals surface area (Å²) in [5, 5.41) is 11.9. The Morgan fingerprint density at radius 1 is 1.26 bits per heavy atom. The van der Waals surface area contributed by atoms with Gasteiger partial charge in [0.25, 0.3) is 0 Å². The third-order valence-electron chi connectivity index (χ3n) is 3.44. The fourth-order valence-electron chi connectivity index (χ4n) is 1.94. The Morgan fingerprint density at radius 3 is 2.37 bits per heavy atom. The Balaban J connectivity index is 2.39. The van der Waals surface area contributed by atoms with E-state index >= 15 is 0 Å². The van der Waals surface area contributed by atoms with E-state index in [0.29, 0.717) is 18.9 Å². The van der Waals surface area contributed by atoms with Crippen LogP contribution in [-0.2, 0) is 11.2 Å². The average molecular weight is 263 g/mol. The molecule has 3 heteroatoms. The molecule has 1 aromatic rings. The number of rotatable bonds is 7. The van der Waals surface area contributed by atoms with Gasteiger partial charge >= 0.3 is 0 Å². The van der Waals surface area contributed by atoms with E-state index in [2.05, 4.69) is 43.4 Å². The standard InChI is InChI=1S/C16H25NO2/c1-4-14(11-18)16(19)17-10-9-13-5-7-15(8-6-13)12(2)3/h5-8,12,14,18H,4,9-11H2,1-3H3,(H,17,19). The molecule has 0 aliphatic rings. The number of carbonyl (C=O) groups is 1. The van der Waals surface area contributed by atoms with Crippen LogP contribution in [0.25, 0.3) is 0 Å². The summed E-state index contributed by atoms with van der Waals surface area (Å²) in [5.41, 5.74) is 2.56. The highest BCUT2D eigenvalue weighted by Gasteiger charge is 2.13. The van der Waals surface area contributed by atoms with Gasteiger partial charge in [-0.05, 0) is 29.9 Å². The fraction of sp³-hybridized carbons (Fsp3) is 0.562. The summed E-state index contributed by atoms with van der Waals surface area (Å²) in [6.07, 6.45) is 1.50. The zero-order chi connectivity index (χ0) is 14.3. The number of aliphatic hydroxyl groups excluding tert-OH is 1. The minimum Gasteiger partial charge on any atom is -0.396 e. The number of nitrogens with one attached hydrogen (secondary N) is 1. The molecule has 0 fully saturated rings. The predicted octanol–water partition coefficient (Wildman–Crippen LogP) is 2.49. The quantitative estimate of drug-likeness (QED) is 0.794. The highest BCUT2D eigenvalue weighted by Crippen LogP contribution is 2.14. The Kier molecular flexibility index (Phi) is 6.57. The number of hydrogen-bond acceptors (Lipinski definition) is 2. The smallest absolute Gasteiger partial charge is 0.225 e. The van der Waals surface area contributed by atoms with Gasteiger partial charge in [-0.25, -0.2) is 0 Å². The lowest BCUT2D eigenvalue weighted by Crippen LogP contribution is -2.33. The van der Waals surface area contributed by atoms with Crippen LogP contribution in [0.5, 0.6) is 0 Å². The molecule has 1 unspecified atom stereocenters. The van der Waals surface area contributed by atoms with Gasteiger partial charge in [0.1, 0.15) is 0 Å². The molecule has 0 bridgehead atoms. The van der Waals surface area contributed by atoms with Crippen LogP contribution in [-0.4, -0.2) is 24.2 Å². The Labute approximate surface area is 116 Å². The van der Waals surface area contributed by atoms with Gasteiger partial charge in [0.05, 0.1) is 12.5 Å². The zero-order valence-corrected chi connectivity index (χ0v) is 12.1. The number of hydrogen-bond donors (Lipinski definition) is 2. The molecule has 19 heavy (non-hydrogen) atoms. The van der Waals surface area contributed by atoms with Crippen molar-refractivity contribution in [1.82, 2.24) is 5.32 Å². The first-order chi connectivity index (χ1) is 9.08. The summed E-state index contributed by atoms with van der Waals surface area (Å²) in [7, 11) is 0. The van der Waals surface area contributed by atoms with Crippen molar-refractivity contribution in [3.8, 4) is 0 Å². The molecular formula is C16H25NO2. The zero-order valence-electron chi connectivity index (χ0n) is 12.1. The molecule has 0 radical (unpaired) electrons. The summed E-state index contributed by atoms with van der Waals surface area (Å²) in [4.78, 5) is 11.7. The first kappa shape index (κ1) is 15.7. The normalized spacial score (nSPS) is 12.5. The maximum atomic E-state index is 11.7. The van der Waals surface area contributed by atoms with Gasteiger partial charge in [0, 0.05) is 6.54 Å². The van der Waals surface area contributed by atoms with Crippen LogP contribution in [0.1, 0.15) is 44.2 Å². The van der Waals surface area contributed by atoms with Gasteiger partial charge in [-0.3, -0.25) is 4.79 Å². The van der Waals surface area contributed by atoms with Crippen molar-refractivity contribution in [2.75, 3.05) is 13.2 Å². The second kappa shape index (κ2) is 7.95. The van der Waals surface area contributed by atoms with Crippen LogP contribution in [0, 0.1) is 5.92 Å². The molecule has 106 valence electrons. The van der Waals surface area contributed by atoms with E-state index in [0.717, 1.165) is 6.42 Å². The van der Waals surface area contributed by atoms with Crippen LogP contribution < -0.4 is 5.32 Å². The Bertz CT molecular complexity index is 380. The number of amides is 1. The van der Waals surface area contributed by atoms with E-state index < -0.39 is 0 Å². The van der Waals surface area contributed by atoms with Crippen molar-refractivity contribution >= 4 is 5.91 Å². The third-order valence-corrected chi connectivity index (χ3v) is 3.44. The molecule has 1 amide bonds. The molecular weight excluding hydrogens is 238 g/mol. The minimum absolute atomic E-state index is 0.0520. The SMILES string of the molecule is CCC(CO)C(=O)NCCc1ccc(C(C)C)cc1. The van der Waals surface area contributed by atoms with Crippen molar-refractivity contribution in [1.29, 1.82) is 0 Å². The fourth-order valence-corrected chi connectivity index (χ4v) is 1.94. The molecule has 1 rings (SSSR count). The van der Waals surface area contributed by atoms with Crippen molar-refractivity contribution < 1.29 is 9.90 Å². The molecule has 1 aromatic carbocycles. The molecule has 0 saturated carbocycles. The van der Waals surface area contributed by atoms with E-state index in [1.54, 1.807) is 0 Å². The second-order valence-corrected chi connectivity index (χ2v) is 5.23. The molecule has 0 aliphatic heterocycles. The topological polar surface area (TPSA) is 49.3 Å². The first-order valence-electron chi connectivity index (χ1n) is 7.05. The lowest BCUT2D eigenvalue weighted by atomic mass is 10.0. The van der Waals surface area contributed by atoms with Crippen molar-refractivity contribution in [2.24, 2.45) is 5.92 Å². The number of aliphatic hydroxyl groups is 1. The highest BCUT2D eigenvalue weighted by atomic mass is 16.3. The first-order valence-corrected chi connectivity index (χ1v) is 7.05. The van der Waals surface area contributed by atoms with E-state index in [-0.39, 0.29) is 18.4 Å². The summed E-state index contributed by atoms with van der Waals surface area (Å²) >= 11 is 0. The van der Waals surface area contributed by atoms with Gasteiger partial charge in [-0.2, -0.15) is 0 Å². The van der Waals surface area contributed by atoms with Gasteiger partial charge in [0.15, 0.2) is 0 Å². The lowest BCUT2D eigenvalue weighted by Gasteiger charge is -2.12. The van der Waals surface area contributed by atoms with Crippen LogP contribution >= 0.6 is 0 Å². The van der Waals surface area contributed by atoms with E-state index in [1.807, 2.05) is 6.92 Å². The highest BCUT2D eigenvalue weighted by molar-refractivity contribution is 5.78. The van der Waals surface area contributed by atoms with Crippen LogP contribution in [0.3, 0.4) is 0 Å². The Hall–Kier alpha value is -1.35. The van der Waals surface area contributed by atoms with E-state index in [9.17, 15) is 4.79 Å². The second-order valence-electron chi connectivity index (χ2n) is 5.23. The molecule has 3 nitrogen and oxygen atoms in total. The van der Waals surface area contributed by atoms with Crippen LogP contribution in [0.15, 0.2) is 24.3 Å². The average Bonchev–Trinajstić information content (AvgIpc) is 2.40. The lowest BCUT2D eigenvalue weighted by molar-refractivity contribution is -0.126. The predicted molar refractivity (Wildman–Crippen MR) is 78.1 cm³/mol. The van der Waals surface area contributed by atoms with Gasteiger partial charge in [0.2, 0.25) is 5.91 Å². The van der Waals surface area contributed by atoms with Crippen molar-refractivity contribution in [2.45, 2.75) is 39.5 Å². The molecule has 0 saturated heterocycles. The summed E-state index contributed by atoms with van der Waals surface area (Å²) < 4.78 is 0. The minimum atomic E-state index is -0.275. The molecule has 0 spiro atoms. The molecule has 0 aliphatic carbocycles. The maximum absolute atomic E-state index is 11.7. The third kappa shape index (κ3) is 5.03. The van der Waals surface area contributed by atoms with Crippen molar-refractivity contribution in [3.63, 3.8) is 0 Å². The summed E-state index contributed by atoms with van der Waals surface area (Å²) in [5.74, 6) is 0.218. The maximum Gasteiger partial charge on any atom is 0.225 e. The van der Waals surface area contributed by atoms with E-state index in [4.69, 9.17) is 5.11 Å². The van der Waals surface area contributed by atoms with Gasteiger partial charge in [-0.1, -0.05) is 45.0 Å². The molecule has 0 heterocycles. The van der Waals surface area contributed by atoms with Gasteiger partial charge in [-0.15, -0.1) is 0 Å². The van der Waals surface area contributed by atoms with Crippen LogP contribution in [0.4, 0.5) is 0 Å².